The van der Waals surface area contributed by atoms with Crippen molar-refractivity contribution in [3.63, 3.8) is 0 Å². The minimum Gasteiger partial charge on any atom is -0.466 e. The normalized spacial score (nSPS) is 17.8. The Labute approximate surface area is 237 Å². The van der Waals surface area contributed by atoms with Gasteiger partial charge in [-0.05, 0) is 62.1 Å². The van der Waals surface area contributed by atoms with Crippen molar-refractivity contribution in [2.45, 2.75) is 85.3 Å². The number of nitrogens with zero attached hydrogens (tertiary/aromatic N) is 1. The number of rotatable bonds is 11. The van der Waals surface area contributed by atoms with E-state index in [1.165, 1.54) is 5.56 Å². The van der Waals surface area contributed by atoms with E-state index in [0.29, 0.717) is 18.1 Å². The average Bonchev–Trinajstić information content (AvgIpc) is 2.84. The molecule has 2 rings (SSSR count). The predicted molar refractivity (Wildman–Crippen MR) is 150 cm³/mol. The zero-order valence-electron chi connectivity index (χ0n) is 24.3. The number of esters is 2. The molecular formula is C29H44ClN3O6. The molecule has 1 heterocycles. The highest BCUT2D eigenvalue weighted by Crippen LogP contribution is 2.42. The van der Waals surface area contributed by atoms with Gasteiger partial charge in [0, 0.05) is 18.1 Å². The SMILES string of the molecule is CCOC(=O)CCC(=O)OC(C)(C)CNC(=O)NC(C(=O)N1CCC(c2ccc(Cl)cc2)C(C)(C)C1)C(C)C. The van der Waals surface area contributed by atoms with Crippen molar-refractivity contribution in [1.82, 2.24) is 15.5 Å². The summed E-state index contributed by atoms with van der Waals surface area (Å²) < 4.78 is 10.2. The molecule has 1 aromatic rings. The molecule has 1 aromatic carbocycles. The zero-order chi connectivity index (χ0) is 29.4. The van der Waals surface area contributed by atoms with Crippen molar-refractivity contribution in [3.8, 4) is 0 Å². The van der Waals surface area contributed by atoms with Crippen LogP contribution in [0.2, 0.25) is 5.02 Å². The number of carbonyl (C=O) groups is 4. The molecule has 9 nitrogen and oxygen atoms in total. The van der Waals surface area contributed by atoms with E-state index in [1.807, 2.05) is 43.0 Å². The fraction of sp³-hybridized carbons (Fsp3) is 0.655. The molecule has 3 amide bonds. The van der Waals surface area contributed by atoms with E-state index < -0.39 is 29.6 Å². The maximum absolute atomic E-state index is 13.5. The first kappa shape index (κ1) is 32.4. The van der Waals surface area contributed by atoms with Gasteiger partial charge >= 0.3 is 18.0 Å². The summed E-state index contributed by atoms with van der Waals surface area (Å²) in [5.74, 6) is -0.988. The third kappa shape index (κ3) is 10.0. The molecule has 10 heteroatoms. The summed E-state index contributed by atoms with van der Waals surface area (Å²) in [6.45, 7) is 14.6. The summed E-state index contributed by atoms with van der Waals surface area (Å²) in [5, 5.41) is 6.22. The lowest BCUT2D eigenvalue weighted by Gasteiger charge is -2.45. The molecule has 1 fully saturated rings. The second-order valence-electron chi connectivity index (χ2n) is 11.7. The van der Waals surface area contributed by atoms with Crippen LogP contribution in [0, 0.1) is 11.3 Å². The minimum absolute atomic E-state index is 0.0303. The van der Waals surface area contributed by atoms with Crippen molar-refractivity contribution in [2.24, 2.45) is 11.3 Å². The van der Waals surface area contributed by atoms with Crippen LogP contribution in [-0.4, -0.2) is 66.7 Å². The summed E-state index contributed by atoms with van der Waals surface area (Å²) in [6.07, 6.45) is 0.638. The second-order valence-corrected chi connectivity index (χ2v) is 12.2. The Balaban J connectivity index is 1.92. The Hall–Kier alpha value is -2.81. The first-order valence-electron chi connectivity index (χ1n) is 13.6. The van der Waals surface area contributed by atoms with Crippen molar-refractivity contribution in [2.75, 3.05) is 26.2 Å². The van der Waals surface area contributed by atoms with Crippen LogP contribution < -0.4 is 10.6 Å². The van der Waals surface area contributed by atoms with Gasteiger partial charge in [0.05, 0.1) is 26.0 Å². The Morgan fingerprint density at radius 3 is 2.28 bits per heavy atom. The number of ether oxygens (including phenoxy) is 2. The van der Waals surface area contributed by atoms with Crippen LogP contribution in [0.1, 0.15) is 79.2 Å². The van der Waals surface area contributed by atoms with Gasteiger partial charge in [-0.2, -0.15) is 0 Å². The van der Waals surface area contributed by atoms with Gasteiger partial charge in [0.2, 0.25) is 5.91 Å². The molecule has 1 aliphatic rings. The van der Waals surface area contributed by atoms with E-state index >= 15 is 0 Å². The van der Waals surface area contributed by atoms with Crippen LogP contribution in [0.25, 0.3) is 0 Å². The molecule has 2 atom stereocenters. The molecule has 1 aliphatic heterocycles. The van der Waals surface area contributed by atoms with Crippen LogP contribution in [0.4, 0.5) is 4.79 Å². The van der Waals surface area contributed by atoms with E-state index in [2.05, 4.69) is 24.5 Å². The first-order chi connectivity index (χ1) is 18.1. The van der Waals surface area contributed by atoms with Gasteiger partial charge in [-0.3, -0.25) is 14.4 Å². The van der Waals surface area contributed by atoms with Crippen LogP contribution >= 0.6 is 11.6 Å². The Morgan fingerprint density at radius 1 is 1.10 bits per heavy atom. The standard InChI is InChI=1S/C29H44ClN3O6/c1-8-38-23(34)13-14-24(35)39-29(6,7)17-31-27(37)32-25(19(2)3)26(36)33-16-15-22(28(4,5)18-33)20-9-11-21(30)12-10-20/h9-12,19,22,25H,8,13-18H2,1-7H3,(H2,31,32,37). The summed E-state index contributed by atoms with van der Waals surface area (Å²) in [4.78, 5) is 51.7. The molecule has 0 aromatic heterocycles. The first-order valence-corrected chi connectivity index (χ1v) is 14.0. The van der Waals surface area contributed by atoms with Gasteiger partial charge in [0.25, 0.3) is 0 Å². The fourth-order valence-electron chi connectivity index (χ4n) is 4.89. The number of hydrogen-bond donors (Lipinski definition) is 2. The van der Waals surface area contributed by atoms with Crippen LogP contribution in [0.5, 0.6) is 0 Å². The topological polar surface area (TPSA) is 114 Å². The van der Waals surface area contributed by atoms with E-state index in [9.17, 15) is 19.2 Å². The number of likely N-dealkylation sites (tertiary alicyclic amines) is 1. The monoisotopic (exact) mass is 565 g/mol. The average molecular weight is 566 g/mol. The highest BCUT2D eigenvalue weighted by molar-refractivity contribution is 6.30. The van der Waals surface area contributed by atoms with E-state index in [-0.39, 0.29) is 49.2 Å². The molecular weight excluding hydrogens is 522 g/mol. The molecule has 2 unspecified atom stereocenters. The van der Waals surface area contributed by atoms with Gasteiger partial charge in [0.15, 0.2) is 0 Å². The predicted octanol–water partition coefficient (Wildman–Crippen LogP) is 4.67. The lowest BCUT2D eigenvalue weighted by molar-refractivity contribution is -0.158. The number of nitrogens with one attached hydrogen (secondary N) is 2. The highest BCUT2D eigenvalue weighted by atomic mass is 35.5. The lowest BCUT2D eigenvalue weighted by Crippen LogP contribution is -2.58. The van der Waals surface area contributed by atoms with Crippen LogP contribution in [0.3, 0.4) is 0 Å². The number of halogens is 1. The third-order valence-electron chi connectivity index (χ3n) is 6.94. The molecule has 39 heavy (non-hydrogen) atoms. The van der Waals surface area contributed by atoms with Crippen LogP contribution in [0.15, 0.2) is 24.3 Å². The smallest absolute Gasteiger partial charge is 0.315 e. The number of amides is 3. The number of carbonyl (C=O) groups excluding carboxylic acids is 4. The highest BCUT2D eigenvalue weighted by Gasteiger charge is 2.40. The summed E-state index contributed by atoms with van der Waals surface area (Å²) in [6, 6.07) is 6.67. The van der Waals surface area contributed by atoms with Crippen molar-refractivity contribution < 1.29 is 28.7 Å². The van der Waals surface area contributed by atoms with Gasteiger partial charge in [0.1, 0.15) is 11.6 Å². The van der Waals surface area contributed by atoms with Crippen LogP contribution in [-0.2, 0) is 23.9 Å². The Bertz CT molecular complexity index is 1010. The fourth-order valence-corrected chi connectivity index (χ4v) is 5.01. The number of hydrogen-bond acceptors (Lipinski definition) is 6. The molecule has 2 N–H and O–H groups in total. The van der Waals surface area contributed by atoms with Crippen molar-refractivity contribution in [3.05, 3.63) is 34.9 Å². The molecule has 0 saturated carbocycles. The van der Waals surface area contributed by atoms with Crippen molar-refractivity contribution in [1.29, 1.82) is 0 Å². The zero-order valence-corrected chi connectivity index (χ0v) is 25.0. The Kier molecular flexibility index (Phi) is 11.6. The number of urea groups is 1. The van der Waals surface area contributed by atoms with E-state index in [1.54, 1.807) is 20.8 Å². The molecule has 218 valence electrons. The maximum atomic E-state index is 13.5. The van der Waals surface area contributed by atoms with E-state index in [0.717, 1.165) is 6.42 Å². The van der Waals surface area contributed by atoms with Gasteiger partial charge < -0.3 is 25.0 Å². The lowest BCUT2D eigenvalue weighted by atomic mass is 9.70. The van der Waals surface area contributed by atoms with Gasteiger partial charge in [-0.15, -0.1) is 0 Å². The minimum atomic E-state index is -1.01. The molecule has 0 bridgehead atoms. The van der Waals surface area contributed by atoms with Gasteiger partial charge in [-0.25, -0.2) is 4.79 Å². The molecule has 0 aliphatic carbocycles. The molecule has 0 spiro atoms. The number of piperidine rings is 1. The summed E-state index contributed by atoms with van der Waals surface area (Å²) >= 11 is 6.06. The maximum Gasteiger partial charge on any atom is 0.315 e. The quantitative estimate of drug-likeness (QED) is 0.377. The third-order valence-corrected chi connectivity index (χ3v) is 7.19. The Morgan fingerprint density at radius 2 is 1.72 bits per heavy atom. The molecule has 1 saturated heterocycles. The van der Waals surface area contributed by atoms with Crippen molar-refractivity contribution >= 4 is 35.5 Å². The summed E-state index contributed by atoms with van der Waals surface area (Å²) in [7, 11) is 0. The second kappa shape index (κ2) is 14.0. The largest absolute Gasteiger partial charge is 0.466 e. The number of benzene rings is 1. The van der Waals surface area contributed by atoms with E-state index in [4.69, 9.17) is 21.1 Å². The molecule has 0 radical (unpaired) electrons. The van der Waals surface area contributed by atoms with Gasteiger partial charge in [-0.1, -0.05) is 51.4 Å². The summed E-state index contributed by atoms with van der Waals surface area (Å²) in [5.41, 5.74) is 0.0411.